The van der Waals surface area contributed by atoms with Crippen LogP contribution in [-0.2, 0) is 0 Å². The van der Waals surface area contributed by atoms with E-state index in [-0.39, 0.29) is 11.3 Å². The molecule has 1 saturated carbocycles. The molecule has 0 unspecified atom stereocenters. The van der Waals surface area contributed by atoms with Crippen molar-refractivity contribution in [3.05, 3.63) is 23.8 Å². The Bertz CT molecular complexity index is 387. The van der Waals surface area contributed by atoms with Crippen molar-refractivity contribution in [3.63, 3.8) is 0 Å². The van der Waals surface area contributed by atoms with Crippen molar-refractivity contribution in [3.8, 4) is 11.5 Å². The Morgan fingerprint density at radius 1 is 1.22 bits per heavy atom. The molecule has 0 radical (unpaired) electrons. The SMILES string of the molecule is Oc1c(OCC2CCCCC2)cccc1C(F)F. The summed E-state index contributed by atoms with van der Waals surface area (Å²) in [6, 6.07) is 4.23. The Hall–Kier alpha value is -1.32. The van der Waals surface area contributed by atoms with E-state index in [4.69, 9.17) is 4.74 Å². The summed E-state index contributed by atoms with van der Waals surface area (Å²) in [6.07, 6.45) is 3.24. The fourth-order valence-electron chi connectivity index (χ4n) is 2.39. The second-order valence-electron chi connectivity index (χ2n) is 4.81. The molecule has 2 rings (SSSR count). The van der Waals surface area contributed by atoms with E-state index in [9.17, 15) is 13.9 Å². The van der Waals surface area contributed by atoms with Crippen LogP contribution < -0.4 is 4.74 Å². The molecule has 1 N–H and O–H groups in total. The van der Waals surface area contributed by atoms with Crippen LogP contribution >= 0.6 is 0 Å². The van der Waals surface area contributed by atoms with Crippen LogP contribution in [0.5, 0.6) is 11.5 Å². The van der Waals surface area contributed by atoms with Gasteiger partial charge in [-0.1, -0.05) is 25.3 Å². The predicted octanol–water partition coefficient (Wildman–Crippen LogP) is 4.29. The number of benzene rings is 1. The largest absolute Gasteiger partial charge is 0.504 e. The first kappa shape index (κ1) is 13.1. The minimum Gasteiger partial charge on any atom is -0.504 e. The van der Waals surface area contributed by atoms with E-state index in [0.717, 1.165) is 12.8 Å². The second kappa shape index (κ2) is 6.03. The lowest BCUT2D eigenvalue weighted by atomic mass is 9.90. The molecular formula is C14H18F2O2. The minimum absolute atomic E-state index is 0.165. The van der Waals surface area contributed by atoms with Gasteiger partial charge in [0.25, 0.3) is 6.43 Å². The van der Waals surface area contributed by atoms with Crippen molar-refractivity contribution in [2.75, 3.05) is 6.61 Å². The maximum absolute atomic E-state index is 12.6. The monoisotopic (exact) mass is 256 g/mol. The number of alkyl halides is 2. The van der Waals surface area contributed by atoms with Gasteiger partial charge in [0.2, 0.25) is 0 Å². The van der Waals surface area contributed by atoms with Gasteiger partial charge >= 0.3 is 0 Å². The van der Waals surface area contributed by atoms with E-state index in [1.54, 1.807) is 0 Å². The zero-order valence-electron chi connectivity index (χ0n) is 10.2. The van der Waals surface area contributed by atoms with E-state index < -0.39 is 12.2 Å². The standard InChI is InChI=1S/C14H18F2O2/c15-14(16)11-7-4-8-12(13(11)17)18-9-10-5-2-1-3-6-10/h4,7-8,10,14,17H,1-3,5-6,9H2. The highest BCUT2D eigenvalue weighted by molar-refractivity contribution is 5.45. The zero-order valence-corrected chi connectivity index (χ0v) is 10.2. The Morgan fingerprint density at radius 2 is 1.94 bits per heavy atom. The number of rotatable bonds is 4. The molecule has 0 heterocycles. The molecule has 0 aliphatic heterocycles. The Kier molecular flexibility index (Phi) is 4.39. The molecule has 0 saturated heterocycles. The van der Waals surface area contributed by atoms with Crippen LogP contribution in [0.1, 0.15) is 44.1 Å². The van der Waals surface area contributed by atoms with Crippen molar-refractivity contribution in [1.29, 1.82) is 0 Å². The summed E-state index contributed by atoms with van der Waals surface area (Å²) in [5.41, 5.74) is -0.365. The van der Waals surface area contributed by atoms with Crippen LogP contribution in [0.4, 0.5) is 8.78 Å². The van der Waals surface area contributed by atoms with Gasteiger partial charge in [-0.15, -0.1) is 0 Å². The van der Waals surface area contributed by atoms with Crippen molar-refractivity contribution in [1.82, 2.24) is 0 Å². The Balaban J connectivity index is 1.98. The average molecular weight is 256 g/mol. The maximum atomic E-state index is 12.6. The van der Waals surface area contributed by atoms with E-state index in [0.29, 0.717) is 12.5 Å². The van der Waals surface area contributed by atoms with Gasteiger partial charge in [-0.25, -0.2) is 8.78 Å². The van der Waals surface area contributed by atoms with Crippen LogP contribution in [0, 0.1) is 5.92 Å². The topological polar surface area (TPSA) is 29.5 Å². The molecule has 1 aromatic rings. The summed E-state index contributed by atoms with van der Waals surface area (Å²) >= 11 is 0. The van der Waals surface area contributed by atoms with Crippen LogP contribution in [0.2, 0.25) is 0 Å². The molecule has 1 aliphatic rings. The van der Waals surface area contributed by atoms with Gasteiger partial charge in [0.05, 0.1) is 12.2 Å². The van der Waals surface area contributed by atoms with Crippen molar-refractivity contribution in [2.45, 2.75) is 38.5 Å². The molecule has 0 amide bonds. The van der Waals surface area contributed by atoms with E-state index in [1.807, 2.05) is 0 Å². The molecule has 1 aromatic carbocycles. The predicted molar refractivity (Wildman–Crippen MR) is 65.1 cm³/mol. The lowest BCUT2D eigenvalue weighted by molar-refractivity contribution is 0.145. The first-order chi connectivity index (χ1) is 8.68. The van der Waals surface area contributed by atoms with Gasteiger partial charge in [0.15, 0.2) is 11.5 Å². The molecule has 4 heteroatoms. The molecular weight excluding hydrogens is 238 g/mol. The summed E-state index contributed by atoms with van der Waals surface area (Å²) in [5, 5.41) is 9.68. The molecule has 0 spiro atoms. The second-order valence-corrected chi connectivity index (χ2v) is 4.81. The van der Waals surface area contributed by atoms with Gasteiger partial charge in [0.1, 0.15) is 0 Å². The quantitative estimate of drug-likeness (QED) is 0.870. The summed E-state index contributed by atoms with van der Waals surface area (Å²) < 4.78 is 30.7. The number of phenolic OH excluding ortho intramolecular Hbond substituents is 1. The van der Waals surface area contributed by atoms with Gasteiger partial charge in [-0.2, -0.15) is 0 Å². The number of para-hydroxylation sites is 1. The number of hydrogen-bond donors (Lipinski definition) is 1. The van der Waals surface area contributed by atoms with Gasteiger partial charge in [0, 0.05) is 0 Å². The Morgan fingerprint density at radius 3 is 2.61 bits per heavy atom. The molecule has 2 nitrogen and oxygen atoms in total. The molecule has 0 aromatic heterocycles. The fraction of sp³-hybridized carbons (Fsp3) is 0.571. The first-order valence-electron chi connectivity index (χ1n) is 6.41. The average Bonchev–Trinajstić information content (AvgIpc) is 2.38. The van der Waals surface area contributed by atoms with E-state index >= 15 is 0 Å². The first-order valence-corrected chi connectivity index (χ1v) is 6.41. The maximum Gasteiger partial charge on any atom is 0.267 e. The molecule has 1 fully saturated rings. The summed E-state index contributed by atoms with van der Waals surface area (Å²) in [6.45, 7) is 0.500. The highest BCUT2D eigenvalue weighted by atomic mass is 19.3. The molecule has 0 bridgehead atoms. The van der Waals surface area contributed by atoms with Crippen molar-refractivity contribution >= 4 is 0 Å². The van der Waals surface area contributed by atoms with Crippen molar-refractivity contribution < 1.29 is 18.6 Å². The summed E-state index contributed by atoms with van der Waals surface area (Å²) in [7, 11) is 0. The van der Waals surface area contributed by atoms with Crippen molar-refractivity contribution in [2.24, 2.45) is 5.92 Å². The van der Waals surface area contributed by atoms with Crippen LogP contribution in [-0.4, -0.2) is 11.7 Å². The minimum atomic E-state index is -2.68. The lowest BCUT2D eigenvalue weighted by Crippen LogP contribution is -2.15. The van der Waals surface area contributed by atoms with Crippen LogP contribution in [0.3, 0.4) is 0 Å². The van der Waals surface area contributed by atoms with E-state index in [1.165, 1.54) is 37.5 Å². The third-order valence-electron chi connectivity index (χ3n) is 3.46. The third-order valence-corrected chi connectivity index (χ3v) is 3.46. The molecule has 18 heavy (non-hydrogen) atoms. The van der Waals surface area contributed by atoms with E-state index in [2.05, 4.69) is 0 Å². The smallest absolute Gasteiger partial charge is 0.267 e. The number of aromatic hydroxyl groups is 1. The highest BCUT2D eigenvalue weighted by Crippen LogP contribution is 2.36. The number of halogens is 2. The number of phenols is 1. The summed E-state index contributed by atoms with van der Waals surface area (Å²) in [4.78, 5) is 0. The van der Waals surface area contributed by atoms with Crippen LogP contribution in [0.15, 0.2) is 18.2 Å². The normalized spacial score (nSPS) is 17.1. The Labute approximate surface area is 106 Å². The molecule has 1 aliphatic carbocycles. The number of hydrogen-bond acceptors (Lipinski definition) is 2. The highest BCUT2D eigenvalue weighted by Gasteiger charge is 2.18. The van der Waals surface area contributed by atoms with Crippen LogP contribution in [0.25, 0.3) is 0 Å². The number of ether oxygens (including phenoxy) is 1. The molecule has 100 valence electrons. The fourth-order valence-corrected chi connectivity index (χ4v) is 2.39. The van der Waals surface area contributed by atoms with Gasteiger partial charge in [-0.3, -0.25) is 0 Å². The summed E-state index contributed by atoms with van der Waals surface area (Å²) in [5.74, 6) is 0.218. The molecule has 0 atom stereocenters. The third kappa shape index (κ3) is 3.12. The van der Waals surface area contributed by atoms with Gasteiger partial charge in [-0.05, 0) is 30.9 Å². The lowest BCUT2D eigenvalue weighted by Gasteiger charge is -2.22. The van der Waals surface area contributed by atoms with Gasteiger partial charge < -0.3 is 9.84 Å². The zero-order chi connectivity index (χ0) is 13.0.